The number of nitrogens with zero attached hydrogens (tertiary/aromatic N) is 3. The third-order valence-corrected chi connectivity index (χ3v) is 3.30. The molecule has 15 heavy (non-hydrogen) atoms. The fourth-order valence-corrected chi connectivity index (χ4v) is 2.32. The van der Waals surface area contributed by atoms with E-state index in [1.807, 2.05) is 12.3 Å². The first-order valence-electron chi connectivity index (χ1n) is 5.20. The van der Waals surface area contributed by atoms with Gasteiger partial charge in [-0.25, -0.2) is 0 Å². The zero-order chi connectivity index (χ0) is 10.3. The molecular weight excluding hydrogens is 188 g/mol. The van der Waals surface area contributed by atoms with Gasteiger partial charge >= 0.3 is 0 Å². The highest BCUT2D eigenvalue weighted by molar-refractivity contribution is 5.50. The van der Waals surface area contributed by atoms with E-state index in [1.54, 1.807) is 6.20 Å². The van der Waals surface area contributed by atoms with Crippen LogP contribution in [0.4, 0.5) is 5.69 Å². The Balaban J connectivity index is 1.84. The Kier molecular flexibility index (Phi) is 1.86. The first kappa shape index (κ1) is 8.69. The number of hydrogen-bond donors (Lipinski definition) is 1. The smallest absolute Gasteiger partial charge is 0.101 e. The van der Waals surface area contributed by atoms with Gasteiger partial charge in [-0.3, -0.25) is 4.98 Å². The van der Waals surface area contributed by atoms with Gasteiger partial charge in [-0.1, -0.05) is 0 Å². The van der Waals surface area contributed by atoms with Gasteiger partial charge in [0.25, 0.3) is 0 Å². The van der Waals surface area contributed by atoms with Gasteiger partial charge in [0, 0.05) is 37.8 Å². The number of aromatic nitrogens is 1. The molecule has 2 atom stereocenters. The molecular formula is C11H12N4. The zero-order valence-corrected chi connectivity index (χ0v) is 8.35. The molecule has 2 aliphatic heterocycles. The fraction of sp³-hybridized carbons (Fsp3) is 0.455. The summed E-state index contributed by atoms with van der Waals surface area (Å²) in [5, 5.41) is 12.2. The Labute approximate surface area is 88.5 Å². The number of nitrogens with one attached hydrogen (secondary N) is 1. The number of fused-ring (bicyclic) bond motifs is 1. The van der Waals surface area contributed by atoms with Crippen molar-refractivity contribution in [3.63, 3.8) is 0 Å². The summed E-state index contributed by atoms with van der Waals surface area (Å²) in [6.45, 7) is 3.27. The minimum Gasteiger partial charge on any atom is -0.368 e. The number of pyridine rings is 1. The summed E-state index contributed by atoms with van der Waals surface area (Å²) in [5.74, 6) is 0.788. The number of nitriles is 1. The molecule has 1 aromatic heterocycles. The standard InChI is InChI=1S/C11H12N4/c12-2-8-1-10(5-13-3-8)15-6-9-4-14-11(9)7-15/h1,3,5,9,11,14H,4,6-7H2/t9-,11-/m0/s1. The van der Waals surface area contributed by atoms with Gasteiger partial charge in [-0.2, -0.15) is 5.26 Å². The molecule has 0 aliphatic carbocycles. The van der Waals surface area contributed by atoms with Crippen LogP contribution in [0.25, 0.3) is 0 Å². The highest BCUT2D eigenvalue weighted by atomic mass is 15.2. The zero-order valence-electron chi connectivity index (χ0n) is 8.35. The van der Waals surface area contributed by atoms with Gasteiger partial charge < -0.3 is 10.2 Å². The second kappa shape index (κ2) is 3.21. The SMILES string of the molecule is N#Cc1cncc(N2C[C@@H]3CN[C@H]3C2)c1. The van der Waals surface area contributed by atoms with E-state index in [1.165, 1.54) is 0 Å². The lowest BCUT2D eigenvalue weighted by Crippen LogP contribution is -2.51. The maximum atomic E-state index is 8.80. The maximum absolute atomic E-state index is 8.80. The molecule has 1 aromatic rings. The molecule has 0 aromatic carbocycles. The normalized spacial score (nSPS) is 28.1. The van der Waals surface area contributed by atoms with Crippen LogP contribution in [-0.2, 0) is 0 Å². The Morgan fingerprint density at radius 1 is 1.47 bits per heavy atom. The molecule has 0 unspecified atom stereocenters. The van der Waals surface area contributed by atoms with E-state index in [-0.39, 0.29) is 0 Å². The third kappa shape index (κ3) is 1.36. The van der Waals surface area contributed by atoms with Crippen molar-refractivity contribution in [3.8, 4) is 6.07 Å². The highest BCUT2D eigenvalue weighted by Gasteiger charge is 2.39. The Morgan fingerprint density at radius 2 is 2.40 bits per heavy atom. The summed E-state index contributed by atoms with van der Waals surface area (Å²) < 4.78 is 0. The first-order valence-corrected chi connectivity index (χ1v) is 5.20. The average Bonchev–Trinajstić information content (AvgIpc) is 2.55. The Morgan fingerprint density at radius 3 is 3.00 bits per heavy atom. The van der Waals surface area contributed by atoms with Crippen molar-refractivity contribution in [1.29, 1.82) is 5.26 Å². The molecule has 2 aliphatic rings. The predicted octanol–water partition coefficient (Wildman–Crippen LogP) is 0.361. The topological polar surface area (TPSA) is 52.0 Å². The van der Waals surface area contributed by atoms with Gasteiger partial charge in [0.15, 0.2) is 0 Å². The lowest BCUT2D eigenvalue weighted by atomic mass is 9.96. The van der Waals surface area contributed by atoms with Crippen LogP contribution in [0.15, 0.2) is 18.5 Å². The van der Waals surface area contributed by atoms with Crippen molar-refractivity contribution in [3.05, 3.63) is 24.0 Å². The van der Waals surface area contributed by atoms with Gasteiger partial charge in [0.05, 0.1) is 17.4 Å². The van der Waals surface area contributed by atoms with Crippen molar-refractivity contribution in [1.82, 2.24) is 10.3 Å². The van der Waals surface area contributed by atoms with Crippen LogP contribution in [0.2, 0.25) is 0 Å². The molecule has 3 heterocycles. The van der Waals surface area contributed by atoms with Crippen molar-refractivity contribution in [2.75, 3.05) is 24.5 Å². The molecule has 0 amide bonds. The number of anilines is 1. The number of hydrogen-bond acceptors (Lipinski definition) is 4. The van der Waals surface area contributed by atoms with E-state index >= 15 is 0 Å². The monoisotopic (exact) mass is 200 g/mol. The summed E-state index contributed by atoms with van der Waals surface area (Å²) in [4.78, 5) is 6.39. The average molecular weight is 200 g/mol. The molecule has 0 spiro atoms. The van der Waals surface area contributed by atoms with E-state index in [4.69, 9.17) is 5.26 Å². The minimum atomic E-state index is 0.639. The van der Waals surface area contributed by atoms with E-state index in [9.17, 15) is 0 Å². The summed E-state index contributed by atoms with van der Waals surface area (Å²) in [7, 11) is 0. The summed E-state index contributed by atoms with van der Waals surface area (Å²) in [5.41, 5.74) is 1.71. The Hall–Kier alpha value is -1.60. The second-order valence-electron chi connectivity index (χ2n) is 4.22. The van der Waals surface area contributed by atoms with Crippen LogP contribution in [-0.4, -0.2) is 30.7 Å². The van der Waals surface area contributed by atoms with Crippen LogP contribution in [0.5, 0.6) is 0 Å². The molecule has 4 nitrogen and oxygen atoms in total. The summed E-state index contributed by atoms with van der Waals surface area (Å²) in [6.07, 6.45) is 3.44. The van der Waals surface area contributed by atoms with Crippen LogP contribution in [0.1, 0.15) is 5.56 Å². The quantitative estimate of drug-likeness (QED) is 0.711. The number of rotatable bonds is 1. The van der Waals surface area contributed by atoms with E-state index in [2.05, 4.69) is 21.3 Å². The molecule has 4 heteroatoms. The predicted molar refractivity (Wildman–Crippen MR) is 56.4 cm³/mol. The molecule has 76 valence electrons. The molecule has 0 radical (unpaired) electrons. The second-order valence-corrected chi connectivity index (χ2v) is 4.22. The van der Waals surface area contributed by atoms with E-state index < -0.39 is 0 Å². The first-order chi connectivity index (χ1) is 7.36. The Bertz CT molecular complexity index is 411. The highest BCUT2D eigenvalue weighted by Crippen LogP contribution is 2.27. The third-order valence-electron chi connectivity index (χ3n) is 3.30. The largest absolute Gasteiger partial charge is 0.368 e. The van der Waals surface area contributed by atoms with Crippen LogP contribution >= 0.6 is 0 Å². The molecule has 2 saturated heterocycles. The van der Waals surface area contributed by atoms with Crippen molar-refractivity contribution in [2.24, 2.45) is 5.92 Å². The summed E-state index contributed by atoms with van der Waals surface area (Å²) in [6, 6.07) is 4.69. The van der Waals surface area contributed by atoms with Gasteiger partial charge in [-0.15, -0.1) is 0 Å². The molecule has 0 saturated carbocycles. The maximum Gasteiger partial charge on any atom is 0.101 e. The van der Waals surface area contributed by atoms with Crippen LogP contribution in [0.3, 0.4) is 0 Å². The van der Waals surface area contributed by atoms with Crippen LogP contribution < -0.4 is 10.2 Å². The fourth-order valence-electron chi connectivity index (χ4n) is 2.32. The molecule has 1 N–H and O–H groups in total. The van der Waals surface area contributed by atoms with Gasteiger partial charge in [0.2, 0.25) is 0 Å². The van der Waals surface area contributed by atoms with Crippen molar-refractivity contribution >= 4 is 5.69 Å². The van der Waals surface area contributed by atoms with E-state index in [0.717, 1.165) is 31.2 Å². The molecule has 3 rings (SSSR count). The van der Waals surface area contributed by atoms with Gasteiger partial charge in [0.1, 0.15) is 6.07 Å². The van der Waals surface area contributed by atoms with Crippen molar-refractivity contribution in [2.45, 2.75) is 6.04 Å². The lowest BCUT2D eigenvalue weighted by molar-refractivity contribution is 0.297. The van der Waals surface area contributed by atoms with Crippen molar-refractivity contribution < 1.29 is 0 Å². The van der Waals surface area contributed by atoms with E-state index in [0.29, 0.717) is 11.6 Å². The molecule has 0 bridgehead atoms. The lowest BCUT2D eigenvalue weighted by Gasteiger charge is -2.29. The minimum absolute atomic E-state index is 0.639. The summed E-state index contributed by atoms with van der Waals surface area (Å²) >= 11 is 0. The van der Waals surface area contributed by atoms with Gasteiger partial charge in [-0.05, 0) is 6.07 Å². The van der Waals surface area contributed by atoms with Crippen LogP contribution in [0, 0.1) is 17.2 Å². The molecule has 2 fully saturated rings.